The average molecular weight is 407 g/mol. The van der Waals surface area contributed by atoms with Gasteiger partial charge in [0.1, 0.15) is 5.82 Å². The normalized spacial score (nSPS) is 10.9. The molecule has 3 aromatic rings. The molecular weight excluding hydrogens is 385 g/mol. The third kappa shape index (κ3) is 4.81. The van der Waals surface area contributed by atoms with E-state index in [0.29, 0.717) is 11.1 Å². The number of carbonyl (C=O) groups is 2. The molecule has 1 N–H and O–H groups in total. The summed E-state index contributed by atoms with van der Waals surface area (Å²) in [7, 11) is 1.35. The van der Waals surface area contributed by atoms with Crippen LogP contribution in [0.5, 0.6) is 0 Å². The summed E-state index contributed by atoms with van der Waals surface area (Å²) in [5, 5.41) is 4.04. The topological polar surface area (TPSA) is 72.7 Å². The molecule has 0 atom stereocenters. The van der Waals surface area contributed by atoms with Crippen LogP contribution in [0.25, 0.3) is 5.69 Å². The molecule has 30 heavy (non-hydrogen) atoms. The van der Waals surface area contributed by atoms with Gasteiger partial charge < -0.3 is 9.30 Å². The molecule has 1 aromatic heterocycles. The van der Waals surface area contributed by atoms with Crippen molar-refractivity contribution in [2.24, 2.45) is 5.10 Å². The van der Waals surface area contributed by atoms with E-state index < -0.39 is 5.97 Å². The number of hydrazone groups is 1. The first-order valence-electron chi connectivity index (χ1n) is 9.33. The van der Waals surface area contributed by atoms with E-state index in [-0.39, 0.29) is 18.1 Å². The van der Waals surface area contributed by atoms with Gasteiger partial charge in [0.25, 0.3) is 0 Å². The molecule has 6 nitrogen and oxygen atoms in total. The molecule has 0 saturated carbocycles. The molecule has 0 aliphatic carbocycles. The van der Waals surface area contributed by atoms with Crippen LogP contribution in [-0.4, -0.2) is 29.8 Å². The number of rotatable bonds is 6. The van der Waals surface area contributed by atoms with Gasteiger partial charge in [-0.15, -0.1) is 0 Å². The summed E-state index contributed by atoms with van der Waals surface area (Å²) >= 11 is 0. The summed E-state index contributed by atoms with van der Waals surface area (Å²) in [6, 6.07) is 14.9. The summed E-state index contributed by atoms with van der Waals surface area (Å²) in [5.74, 6) is -1.04. The number of aryl methyl sites for hydroxylation is 1. The first kappa shape index (κ1) is 21.0. The van der Waals surface area contributed by atoms with Crippen LogP contribution in [0.3, 0.4) is 0 Å². The fourth-order valence-electron chi connectivity index (χ4n) is 3.21. The molecule has 2 aromatic carbocycles. The fraction of sp³-hybridized carbons (Fsp3) is 0.174. The quantitative estimate of drug-likeness (QED) is 0.385. The van der Waals surface area contributed by atoms with Crippen LogP contribution in [-0.2, 0) is 16.0 Å². The van der Waals surface area contributed by atoms with E-state index in [9.17, 15) is 14.0 Å². The van der Waals surface area contributed by atoms with Gasteiger partial charge in [0.2, 0.25) is 5.91 Å². The van der Waals surface area contributed by atoms with Gasteiger partial charge in [0.15, 0.2) is 0 Å². The number of hydrogen-bond acceptors (Lipinski definition) is 4. The molecule has 3 rings (SSSR count). The highest BCUT2D eigenvalue weighted by molar-refractivity contribution is 5.90. The van der Waals surface area contributed by atoms with Gasteiger partial charge in [0, 0.05) is 22.6 Å². The highest BCUT2D eigenvalue weighted by Crippen LogP contribution is 2.21. The van der Waals surface area contributed by atoms with Crippen LogP contribution in [0.15, 0.2) is 59.7 Å². The Morgan fingerprint density at radius 1 is 1.13 bits per heavy atom. The number of carbonyl (C=O) groups excluding carboxylic acids is 2. The van der Waals surface area contributed by atoms with E-state index in [0.717, 1.165) is 22.6 Å². The molecule has 0 bridgehead atoms. The third-order valence-electron chi connectivity index (χ3n) is 4.67. The SMILES string of the molecule is COC(=O)c1cccc(-n2c(C)cc(/C=N/NC(=O)Cc3ccc(F)cc3)c2C)c1. The molecule has 0 spiro atoms. The number of halogens is 1. The molecule has 0 aliphatic rings. The standard InChI is InChI=1S/C23H22FN3O3/c1-15-11-19(14-25-26-22(28)12-17-7-9-20(24)10-8-17)16(2)27(15)21-6-4-5-18(13-21)23(29)30-3/h4-11,13-14H,12H2,1-3H3,(H,26,28)/b25-14+. The molecule has 0 saturated heterocycles. The molecule has 0 fully saturated rings. The average Bonchev–Trinajstić information content (AvgIpc) is 3.02. The van der Waals surface area contributed by atoms with Crippen LogP contribution >= 0.6 is 0 Å². The van der Waals surface area contributed by atoms with Gasteiger partial charge in [-0.25, -0.2) is 14.6 Å². The summed E-state index contributed by atoms with van der Waals surface area (Å²) in [4.78, 5) is 23.8. The molecule has 1 amide bonds. The molecule has 7 heteroatoms. The second-order valence-electron chi connectivity index (χ2n) is 6.80. The van der Waals surface area contributed by atoms with Crippen LogP contribution in [0.2, 0.25) is 0 Å². The van der Waals surface area contributed by atoms with Gasteiger partial charge in [-0.05, 0) is 55.8 Å². The van der Waals surface area contributed by atoms with Crippen molar-refractivity contribution in [2.45, 2.75) is 20.3 Å². The van der Waals surface area contributed by atoms with Crippen molar-refractivity contribution in [1.29, 1.82) is 0 Å². The number of aromatic nitrogens is 1. The zero-order valence-electron chi connectivity index (χ0n) is 17.0. The second kappa shape index (κ2) is 9.17. The summed E-state index contributed by atoms with van der Waals surface area (Å²) in [6.45, 7) is 3.88. The second-order valence-corrected chi connectivity index (χ2v) is 6.80. The number of nitrogens with one attached hydrogen (secondary N) is 1. The zero-order chi connectivity index (χ0) is 21.7. The van der Waals surface area contributed by atoms with E-state index in [4.69, 9.17) is 4.74 Å². The third-order valence-corrected chi connectivity index (χ3v) is 4.67. The highest BCUT2D eigenvalue weighted by atomic mass is 19.1. The van der Waals surface area contributed by atoms with Crippen molar-refractivity contribution in [1.82, 2.24) is 9.99 Å². The van der Waals surface area contributed by atoms with Gasteiger partial charge in [-0.1, -0.05) is 18.2 Å². The molecule has 154 valence electrons. The predicted molar refractivity (Wildman–Crippen MR) is 112 cm³/mol. The van der Waals surface area contributed by atoms with Gasteiger partial charge in [0.05, 0.1) is 25.3 Å². The lowest BCUT2D eigenvalue weighted by Gasteiger charge is -2.10. The Bertz CT molecular complexity index is 1100. The first-order valence-corrected chi connectivity index (χ1v) is 9.33. The summed E-state index contributed by atoms with van der Waals surface area (Å²) in [5.41, 5.74) is 7.17. The minimum Gasteiger partial charge on any atom is -0.465 e. The Balaban J connectivity index is 1.73. The molecule has 0 unspecified atom stereocenters. The van der Waals surface area contributed by atoms with Crippen molar-refractivity contribution in [3.63, 3.8) is 0 Å². The Kier molecular flexibility index (Phi) is 6.41. The fourth-order valence-corrected chi connectivity index (χ4v) is 3.21. The maximum atomic E-state index is 12.9. The number of ether oxygens (including phenoxy) is 1. The van der Waals surface area contributed by atoms with Crippen LogP contribution in [0, 0.1) is 19.7 Å². The molecule has 0 aliphatic heterocycles. The summed E-state index contributed by atoms with van der Waals surface area (Å²) < 4.78 is 19.7. The smallest absolute Gasteiger partial charge is 0.337 e. The Morgan fingerprint density at radius 2 is 1.87 bits per heavy atom. The minimum absolute atomic E-state index is 0.108. The van der Waals surface area contributed by atoms with Crippen LogP contribution in [0.1, 0.15) is 32.9 Å². The van der Waals surface area contributed by atoms with E-state index in [2.05, 4.69) is 10.5 Å². The number of hydrogen-bond donors (Lipinski definition) is 1. The van der Waals surface area contributed by atoms with Crippen molar-refractivity contribution in [3.05, 3.63) is 88.5 Å². The Labute approximate surface area is 174 Å². The lowest BCUT2D eigenvalue weighted by Crippen LogP contribution is -2.19. The number of methoxy groups -OCH3 is 1. The Morgan fingerprint density at radius 3 is 2.57 bits per heavy atom. The van der Waals surface area contributed by atoms with Crippen molar-refractivity contribution in [3.8, 4) is 5.69 Å². The monoisotopic (exact) mass is 407 g/mol. The van der Waals surface area contributed by atoms with Crippen molar-refractivity contribution >= 4 is 18.1 Å². The number of nitrogens with zero attached hydrogens (tertiary/aromatic N) is 2. The van der Waals surface area contributed by atoms with Crippen molar-refractivity contribution in [2.75, 3.05) is 7.11 Å². The highest BCUT2D eigenvalue weighted by Gasteiger charge is 2.12. The van der Waals surface area contributed by atoms with Crippen LogP contribution < -0.4 is 5.43 Å². The molecule has 0 radical (unpaired) electrons. The van der Waals surface area contributed by atoms with E-state index in [1.54, 1.807) is 36.5 Å². The maximum Gasteiger partial charge on any atom is 0.337 e. The van der Waals surface area contributed by atoms with Crippen LogP contribution in [0.4, 0.5) is 4.39 Å². The zero-order valence-corrected chi connectivity index (χ0v) is 17.0. The maximum absolute atomic E-state index is 12.9. The Hall–Kier alpha value is -3.74. The van der Waals surface area contributed by atoms with Gasteiger partial charge >= 0.3 is 5.97 Å². The number of benzene rings is 2. The van der Waals surface area contributed by atoms with Gasteiger partial charge in [-0.2, -0.15) is 5.10 Å². The van der Waals surface area contributed by atoms with E-state index in [1.807, 2.05) is 30.5 Å². The first-order chi connectivity index (χ1) is 14.4. The molecule has 1 heterocycles. The number of esters is 1. The lowest BCUT2D eigenvalue weighted by molar-refractivity contribution is -0.120. The minimum atomic E-state index is -0.398. The molecular formula is C23H22FN3O3. The van der Waals surface area contributed by atoms with E-state index >= 15 is 0 Å². The van der Waals surface area contributed by atoms with Crippen molar-refractivity contribution < 1.29 is 18.7 Å². The van der Waals surface area contributed by atoms with Gasteiger partial charge in [-0.3, -0.25) is 4.79 Å². The largest absolute Gasteiger partial charge is 0.465 e. The summed E-state index contributed by atoms with van der Waals surface area (Å²) in [6.07, 6.45) is 1.68. The van der Waals surface area contributed by atoms with E-state index in [1.165, 1.54) is 19.2 Å². The lowest BCUT2D eigenvalue weighted by atomic mass is 10.1. The number of amides is 1. The predicted octanol–water partition coefficient (Wildman–Crippen LogP) is 3.71.